The number of carboxylic acid groups (broad SMARTS) is 1. The maximum Gasteiger partial charge on any atom is 0.323 e. The summed E-state index contributed by atoms with van der Waals surface area (Å²) in [6.45, 7) is 2.23. The molecule has 5 heteroatoms. The molecule has 2 aliphatic carbocycles. The van der Waals surface area contributed by atoms with Gasteiger partial charge >= 0.3 is 5.97 Å². The zero-order valence-electron chi connectivity index (χ0n) is 13.3. The number of nitrogens with one attached hydrogen (secondary N) is 1. The molecule has 0 aromatic rings. The summed E-state index contributed by atoms with van der Waals surface area (Å²) in [6.07, 6.45) is 7.37. The van der Waals surface area contributed by atoms with Crippen LogP contribution in [0.4, 0.5) is 0 Å². The van der Waals surface area contributed by atoms with Crippen LogP contribution in [0.1, 0.15) is 44.9 Å². The first-order chi connectivity index (χ1) is 10.00. The van der Waals surface area contributed by atoms with Gasteiger partial charge in [-0.2, -0.15) is 0 Å². The number of rotatable bonds is 5. The minimum atomic E-state index is -0.656. The van der Waals surface area contributed by atoms with Crippen LogP contribution in [0.3, 0.4) is 0 Å². The molecule has 1 aliphatic heterocycles. The van der Waals surface area contributed by atoms with Gasteiger partial charge in [-0.1, -0.05) is 0 Å². The molecule has 1 saturated heterocycles. The third-order valence-corrected chi connectivity index (χ3v) is 5.63. The van der Waals surface area contributed by atoms with Crippen LogP contribution >= 0.6 is 0 Å². The average molecular weight is 295 g/mol. The van der Waals surface area contributed by atoms with E-state index in [0.29, 0.717) is 18.1 Å². The average Bonchev–Trinajstić information content (AvgIpc) is 3.15. The molecule has 0 radical (unpaired) electrons. The van der Waals surface area contributed by atoms with Gasteiger partial charge in [0.2, 0.25) is 0 Å². The molecule has 2 saturated carbocycles. The molecule has 0 amide bonds. The van der Waals surface area contributed by atoms with Crippen LogP contribution in [0.2, 0.25) is 0 Å². The van der Waals surface area contributed by atoms with Gasteiger partial charge in [-0.25, -0.2) is 0 Å². The van der Waals surface area contributed by atoms with Gasteiger partial charge in [-0.15, -0.1) is 0 Å². The van der Waals surface area contributed by atoms with E-state index in [0.717, 1.165) is 45.2 Å². The molecule has 2 N–H and O–H groups in total. The van der Waals surface area contributed by atoms with E-state index in [1.54, 1.807) is 0 Å². The van der Waals surface area contributed by atoms with E-state index >= 15 is 0 Å². The van der Waals surface area contributed by atoms with Crippen LogP contribution in [-0.4, -0.2) is 71.7 Å². The molecule has 3 fully saturated rings. The number of nitrogens with zero attached hydrogens (tertiary/aromatic N) is 2. The molecule has 3 unspecified atom stereocenters. The Kier molecular flexibility index (Phi) is 4.26. The highest BCUT2D eigenvalue weighted by Crippen LogP contribution is 2.37. The van der Waals surface area contributed by atoms with Gasteiger partial charge in [0.05, 0.1) is 0 Å². The van der Waals surface area contributed by atoms with Gasteiger partial charge in [0.15, 0.2) is 0 Å². The lowest BCUT2D eigenvalue weighted by molar-refractivity contribution is -0.145. The molecule has 3 atom stereocenters. The number of piperidine rings is 1. The molecule has 21 heavy (non-hydrogen) atoms. The van der Waals surface area contributed by atoms with Gasteiger partial charge in [-0.3, -0.25) is 15.0 Å². The summed E-state index contributed by atoms with van der Waals surface area (Å²) >= 11 is 0. The van der Waals surface area contributed by atoms with Crippen molar-refractivity contribution >= 4 is 5.97 Å². The molecular formula is C16H29N3O2. The lowest BCUT2D eigenvalue weighted by Crippen LogP contribution is -2.53. The Morgan fingerprint density at radius 3 is 2.67 bits per heavy atom. The van der Waals surface area contributed by atoms with Crippen LogP contribution in [0.5, 0.6) is 0 Å². The highest BCUT2D eigenvalue weighted by atomic mass is 16.4. The Balaban J connectivity index is 1.63. The van der Waals surface area contributed by atoms with Gasteiger partial charge < -0.3 is 10.0 Å². The van der Waals surface area contributed by atoms with Crippen LogP contribution in [0.15, 0.2) is 0 Å². The first kappa shape index (κ1) is 15.3. The topological polar surface area (TPSA) is 55.8 Å². The SMILES string of the molecule is CN(C)C1CCCN(C2CCC(NC3CC3)(C(=O)O)C2)C1. The van der Waals surface area contributed by atoms with Crippen LogP contribution in [0, 0.1) is 0 Å². The Hall–Kier alpha value is -0.650. The van der Waals surface area contributed by atoms with Crippen molar-refractivity contribution in [3.05, 3.63) is 0 Å². The number of likely N-dealkylation sites (tertiary alicyclic amines) is 1. The maximum absolute atomic E-state index is 11.8. The lowest BCUT2D eigenvalue weighted by atomic mass is 9.96. The van der Waals surface area contributed by atoms with Crippen LogP contribution < -0.4 is 5.32 Å². The summed E-state index contributed by atoms with van der Waals surface area (Å²) in [5, 5.41) is 13.1. The van der Waals surface area contributed by atoms with Gasteiger partial charge in [0, 0.05) is 24.7 Å². The Morgan fingerprint density at radius 2 is 2.05 bits per heavy atom. The van der Waals surface area contributed by atoms with E-state index in [2.05, 4.69) is 29.2 Å². The fourth-order valence-corrected chi connectivity index (χ4v) is 4.07. The van der Waals surface area contributed by atoms with Crippen molar-refractivity contribution in [2.75, 3.05) is 27.2 Å². The summed E-state index contributed by atoms with van der Waals surface area (Å²) in [7, 11) is 4.30. The molecule has 0 aromatic heterocycles. The Bertz CT molecular complexity index is 397. The fraction of sp³-hybridized carbons (Fsp3) is 0.938. The minimum absolute atomic E-state index is 0.440. The molecule has 0 spiro atoms. The monoisotopic (exact) mass is 295 g/mol. The summed E-state index contributed by atoms with van der Waals surface area (Å²) < 4.78 is 0. The number of carboxylic acids is 1. The van der Waals surface area contributed by atoms with E-state index in [1.807, 2.05) is 0 Å². The molecule has 1 heterocycles. The quantitative estimate of drug-likeness (QED) is 0.796. The summed E-state index contributed by atoms with van der Waals surface area (Å²) in [5.41, 5.74) is -0.656. The minimum Gasteiger partial charge on any atom is -0.480 e. The third kappa shape index (κ3) is 3.25. The number of hydrogen-bond acceptors (Lipinski definition) is 4. The third-order valence-electron chi connectivity index (χ3n) is 5.63. The highest BCUT2D eigenvalue weighted by Gasteiger charge is 2.49. The van der Waals surface area contributed by atoms with Crippen LogP contribution in [0.25, 0.3) is 0 Å². The molecule has 3 rings (SSSR count). The first-order valence-corrected chi connectivity index (χ1v) is 8.42. The van der Waals surface area contributed by atoms with Crippen molar-refractivity contribution in [2.45, 2.75) is 68.6 Å². The smallest absolute Gasteiger partial charge is 0.323 e. The number of hydrogen-bond donors (Lipinski definition) is 2. The van der Waals surface area contributed by atoms with E-state index in [-0.39, 0.29) is 0 Å². The predicted octanol–water partition coefficient (Wildman–Crippen LogP) is 1.14. The fourth-order valence-electron chi connectivity index (χ4n) is 4.07. The Labute approximate surface area is 127 Å². The van der Waals surface area contributed by atoms with Crippen molar-refractivity contribution in [1.29, 1.82) is 0 Å². The standard InChI is InChI=1S/C16H29N3O2/c1-18(2)14-4-3-9-19(11-14)13-7-8-16(10-13,15(20)21)17-12-5-6-12/h12-14,17H,3-11H2,1-2H3,(H,20,21). The Morgan fingerprint density at radius 1 is 1.29 bits per heavy atom. The number of likely N-dealkylation sites (N-methyl/N-ethyl adjacent to an activating group) is 1. The summed E-state index contributed by atoms with van der Waals surface area (Å²) in [5.74, 6) is -0.641. The van der Waals surface area contributed by atoms with Gasteiger partial charge in [0.25, 0.3) is 0 Å². The number of aliphatic carboxylic acids is 1. The second-order valence-electron chi connectivity index (χ2n) is 7.46. The van der Waals surface area contributed by atoms with Crippen molar-refractivity contribution in [2.24, 2.45) is 0 Å². The van der Waals surface area contributed by atoms with Crippen molar-refractivity contribution in [1.82, 2.24) is 15.1 Å². The van der Waals surface area contributed by atoms with E-state index < -0.39 is 11.5 Å². The number of carbonyl (C=O) groups is 1. The molecular weight excluding hydrogens is 266 g/mol. The van der Waals surface area contributed by atoms with Gasteiger partial charge in [0.1, 0.15) is 5.54 Å². The van der Waals surface area contributed by atoms with E-state index in [1.165, 1.54) is 12.8 Å². The zero-order valence-corrected chi connectivity index (χ0v) is 13.3. The summed E-state index contributed by atoms with van der Waals surface area (Å²) in [4.78, 5) is 16.7. The normalized spacial score (nSPS) is 38.0. The van der Waals surface area contributed by atoms with Crippen molar-refractivity contribution in [3.8, 4) is 0 Å². The molecule has 3 aliphatic rings. The first-order valence-electron chi connectivity index (χ1n) is 8.42. The van der Waals surface area contributed by atoms with Crippen molar-refractivity contribution < 1.29 is 9.90 Å². The second kappa shape index (κ2) is 5.86. The van der Waals surface area contributed by atoms with E-state index in [4.69, 9.17) is 0 Å². The van der Waals surface area contributed by atoms with E-state index in [9.17, 15) is 9.90 Å². The van der Waals surface area contributed by atoms with Crippen LogP contribution in [-0.2, 0) is 4.79 Å². The predicted molar refractivity (Wildman–Crippen MR) is 82.4 cm³/mol. The largest absolute Gasteiger partial charge is 0.480 e. The summed E-state index contributed by atoms with van der Waals surface area (Å²) in [6, 6.07) is 1.51. The second-order valence-corrected chi connectivity index (χ2v) is 7.46. The van der Waals surface area contributed by atoms with Gasteiger partial charge in [-0.05, 0) is 65.6 Å². The molecule has 0 aromatic carbocycles. The van der Waals surface area contributed by atoms with Crippen molar-refractivity contribution in [3.63, 3.8) is 0 Å². The highest BCUT2D eigenvalue weighted by molar-refractivity contribution is 5.79. The molecule has 120 valence electrons. The maximum atomic E-state index is 11.8. The molecule has 5 nitrogen and oxygen atoms in total. The zero-order chi connectivity index (χ0) is 15.0. The lowest BCUT2D eigenvalue weighted by Gasteiger charge is -2.40. The molecule has 0 bridgehead atoms.